The lowest BCUT2D eigenvalue weighted by molar-refractivity contribution is 0.0996. The summed E-state index contributed by atoms with van der Waals surface area (Å²) in [5, 5.41) is 9.32. The summed E-state index contributed by atoms with van der Waals surface area (Å²) in [7, 11) is 0. The van der Waals surface area contributed by atoms with Crippen LogP contribution in [0.2, 0.25) is 0 Å². The first kappa shape index (κ1) is 11.9. The molecule has 2 aromatic heterocycles. The van der Waals surface area contributed by atoms with E-state index in [0.29, 0.717) is 22.5 Å². The van der Waals surface area contributed by atoms with Crippen molar-refractivity contribution in [3.05, 3.63) is 22.5 Å². The van der Waals surface area contributed by atoms with Crippen LogP contribution in [0.1, 0.15) is 28.1 Å². The molecule has 0 radical (unpaired) electrons. The van der Waals surface area contributed by atoms with Crippen molar-refractivity contribution in [1.29, 1.82) is 0 Å². The van der Waals surface area contributed by atoms with E-state index in [-0.39, 0.29) is 5.69 Å². The van der Waals surface area contributed by atoms with Crippen LogP contribution in [-0.4, -0.2) is 27.1 Å². The number of carbonyl (C=O) groups excluding carboxylic acids is 1. The molecule has 0 fully saturated rings. The first-order chi connectivity index (χ1) is 7.97. The van der Waals surface area contributed by atoms with E-state index in [0.717, 1.165) is 4.88 Å². The topological polar surface area (TPSA) is 89.1 Å². The zero-order valence-electron chi connectivity index (χ0n) is 9.60. The minimum absolute atomic E-state index is 0.240. The van der Waals surface area contributed by atoms with Gasteiger partial charge in [-0.05, 0) is 19.9 Å². The lowest BCUT2D eigenvalue weighted by Gasteiger charge is -2.04. The van der Waals surface area contributed by atoms with Crippen LogP contribution >= 0.6 is 11.3 Å². The fourth-order valence-corrected chi connectivity index (χ4v) is 2.56. The SMILES string of the molecule is Cc1cc2nc(C[C@@H](C)O)nc(C(N)=O)c2s1. The Balaban J connectivity index is 2.62. The molecule has 17 heavy (non-hydrogen) atoms. The third-order valence-corrected chi connectivity index (χ3v) is 3.30. The number of primary amides is 1. The Morgan fingerprint density at radius 1 is 1.59 bits per heavy atom. The number of nitrogens with zero attached hydrogens (tertiary/aromatic N) is 2. The van der Waals surface area contributed by atoms with E-state index >= 15 is 0 Å². The molecule has 90 valence electrons. The summed E-state index contributed by atoms with van der Waals surface area (Å²) in [4.78, 5) is 20.8. The average Bonchev–Trinajstić information content (AvgIpc) is 2.55. The Labute approximate surface area is 102 Å². The number of nitrogens with two attached hydrogens (primary N) is 1. The third-order valence-electron chi connectivity index (χ3n) is 2.25. The molecule has 2 rings (SSSR count). The fourth-order valence-electron chi connectivity index (χ4n) is 1.62. The molecule has 0 saturated carbocycles. The second-order valence-corrected chi connectivity index (χ2v) is 5.23. The Kier molecular flexibility index (Phi) is 3.08. The molecule has 0 aliphatic rings. The molecule has 6 heteroatoms. The molecule has 0 saturated heterocycles. The minimum Gasteiger partial charge on any atom is -0.393 e. The quantitative estimate of drug-likeness (QED) is 0.852. The molecule has 0 aliphatic heterocycles. The molecular weight excluding hydrogens is 238 g/mol. The van der Waals surface area contributed by atoms with Gasteiger partial charge in [0.25, 0.3) is 5.91 Å². The largest absolute Gasteiger partial charge is 0.393 e. The Morgan fingerprint density at radius 3 is 2.88 bits per heavy atom. The second kappa shape index (κ2) is 4.38. The minimum atomic E-state index is -0.564. The standard InChI is InChI=1S/C11H13N3O2S/c1-5(15)3-8-13-7-4-6(2)17-10(7)9(14-8)11(12)16/h4-5,15H,3H2,1-2H3,(H2,12,16)/t5-/m1/s1. The zero-order valence-corrected chi connectivity index (χ0v) is 10.4. The first-order valence-electron chi connectivity index (χ1n) is 5.22. The van der Waals surface area contributed by atoms with E-state index in [4.69, 9.17) is 5.73 Å². The Morgan fingerprint density at radius 2 is 2.29 bits per heavy atom. The van der Waals surface area contributed by atoms with E-state index in [9.17, 15) is 9.90 Å². The summed E-state index contributed by atoms with van der Waals surface area (Å²) in [5.41, 5.74) is 6.26. The fraction of sp³-hybridized carbons (Fsp3) is 0.364. The van der Waals surface area contributed by atoms with Gasteiger partial charge < -0.3 is 10.8 Å². The van der Waals surface area contributed by atoms with Gasteiger partial charge in [-0.25, -0.2) is 9.97 Å². The summed E-state index contributed by atoms with van der Waals surface area (Å²) < 4.78 is 0.712. The molecule has 0 bridgehead atoms. The van der Waals surface area contributed by atoms with Gasteiger partial charge in [0.05, 0.1) is 16.3 Å². The lowest BCUT2D eigenvalue weighted by Crippen LogP contribution is -2.16. The van der Waals surface area contributed by atoms with Crippen LogP contribution in [0.4, 0.5) is 0 Å². The number of aliphatic hydroxyl groups is 1. The highest BCUT2D eigenvalue weighted by molar-refractivity contribution is 7.19. The van der Waals surface area contributed by atoms with Gasteiger partial charge in [-0.2, -0.15) is 0 Å². The van der Waals surface area contributed by atoms with Crippen molar-refractivity contribution in [2.24, 2.45) is 5.73 Å². The molecule has 0 aliphatic carbocycles. The molecule has 5 nitrogen and oxygen atoms in total. The number of hydrogen-bond acceptors (Lipinski definition) is 5. The Bertz CT molecular complexity index is 577. The van der Waals surface area contributed by atoms with E-state index in [2.05, 4.69) is 9.97 Å². The van der Waals surface area contributed by atoms with Crippen LogP contribution < -0.4 is 5.73 Å². The van der Waals surface area contributed by atoms with Gasteiger partial charge in [0.15, 0.2) is 0 Å². The maximum absolute atomic E-state index is 11.3. The first-order valence-corrected chi connectivity index (χ1v) is 6.04. The van der Waals surface area contributed by atoms with Crippen LogP contribution in [-0.2, 0) is 6.42 Å². The van der Waals surface area contributed by atoms with E-state index in [1.807, 2.05) is 13.0 Å². The highest BCUT2D eigenvalue weighted by Crippen LogP contribution is 2.26. The van der Waals surface area contributed by atoms with Crippen molar-refractivity contribution >= 4 is 27.5 Å². The number of rotatable bonds is 3. The maximum Gasteiger partial charge on any atom is 0.268 e. The second-order valence-electron chi connectivity index (χ2n) is 3.98. The van der Waals surface area contributed by atoms with Crippen LogP contribution in [0.25, 0.3) is 10.2 Å². The summed E-state index contributed by atoms with van der Waals surface area (Å²) >= 11 is 1.45. The maximum atomic E-state index is 11.3. The van der Waals surface area contributed by atoms with Crippen molar-refractivity contribution in [1.82, 2.24) is 9.97 Å². The predicted octanol–water partition coefficient (Wildman–Crippen LogP) is 1.02. The third kappa shape index (κ3) is 2.42. The van der Waals surface area contributed by atoms with Crippen LogP contribution in [0.5, 0.6) is 0 Å². The zero-order chi connectivity index (χ0) is 12.6. The molecule has 2 heterocycles. The van der Waals surface area contributed by atoms with E-state index < -0.39 is 12.0 Å². The normalized spacial score (nSPS) is 12.9. The van der Waals surface area contributed by atoms with Gasteiger partial charge >= 0.3 is 0 Å². The molecule has 2 aromatic rings. The van der Waals surface area contributed by atoms with Gasteiger partial charge in [-0.1, -0.05) is 0 Å². The van der Waals surface area contributed by atoms with Gasteiger partial charge in [-0.15, -0.1) is 11.3 Å². The molecule has 1 atom stereocenters. The number of aliphatic hydroxyl groups excluding tert-OH is 1. The number of hydrogen-bond donors (Lipinski definition) is 2. The molecule has 0 unspecified atom stereocenters. The predicted molar refractivity (Wildman–Crippen MR) is 66.1 cm³/mol. The number of carbonyl (C=O) groups is 1. The van der Waals surface area contributed by atoms with Crippen LogP contribution in [0.3, 0.4) is 0 Å². The van der Waals surface area contributed by atoms with Crippen molar-refractivity contribution in [3.8, 4) is 0 Å². The van der Waals surface area contributed by atoms with Crippen molar-refractivity contribution in [3.63, 3.8) is 0 Å². The number of fused-ring (bicyclic) bond motifs is 1. The van der Waals surface area contributed by atoms with Crippen LogP contribution in [0, 0.1) is 6.92 Å². The summed E-state index contributed by atoms with van der Waals surface area (Å²) in [5.74, 6) is -0.120. The number of amides is 1. The highest BCUT2D eigenvalue weighted by Gasteiger charge is 2.15. The smallest absolute Gasteiger partial charge is 0.268 e. The van der Waals surface area contributed by atoms with E-state index in [1.165, 1.54) is 11.3 Å². The molecular formula is C11H13N3O2S. The molecule has 0 aromatic carbocycles. The van der Waals surface area contributed by atoms with Gasteiger partial charge in [0.1, 0.15) is 11.5 Å². The van der Waals surface area contributed by atoms with Crippen LogP contribution in [0.15, 0.2) is 6.07 Å². The highest BCUT2D eigenvalue weighted by atomic mass is 32.1. The average molecular weight is 251 g/mol. The van der Waals surface area contributed by atoms with E-state index in [1.54, 1.807) is 6.92 Å². The summed E-state index contributed by atoms with van der Waals surface area (Å²) in [6, 6.07) is 1.89. The summed E-state index contributed by atoms with van der Waals surface area (Å²) in [6.45, 7) is 3.59. The van der Waals surface area contributed by atoms with Gasteiger partial charge in [-0.3, -0.25) is 4.79 Å². The Hall–Kier alpha value is -1.53. The molecule has 0 spiro atoms. The molecule has 1 amide bonds. The number of aromatic nitrogens is 2. The summed E-state index contributed by atoms with van der Waals surface area (Å²) in [6.07, 6.45) is -0.238. The monoisotopic (exact) mass is 251 g/mol. The number of aryl methyl sites for hydroxylation is 1. The molecule has 3 N–H and O–H groups in total. The lowest BCUT2D eigenvalue weighted by atomic mass is 10.2. The number of thiophene rings is 1. The van der Waals surface area contributed by atoms with Crippen molar-refractivity contribution in [2.75, 3.05) is 0 Å². The van der Waals surface area contributed by atoms with Crippen molar-refractivity contribution < 1.29 is 9.90 Å². The van der Waals surface area contributed by atoms with Crippen molar-refractivity contribution in [2.45, 2.75) is 26.4 Å². The van der Waals surface area contributed by atoms with Gasteiger partial charge in [0.2, 0.25) is 0 Å². The van der Waals surface area contributed by atoms with Gasteiger partial charge in [0, 0.05) is 11.3 Å².